The normalized spacial score (nSPS) is 16.7. The number of aryl methyl sites for hydroxylation is 1. The van der Waals surface area contributed by atoms with Crippen molar-refractivity contribution in [2.75, 3.05) is 24.3 Å². The largest absolute Gasteiger partial charge is 0.377 e. The molecule has 0 aromatic heterocycles. The average molecular weight is 366 g/mol. The number of fused-ring (bicyclic) bond motifs is 1. The van der Waals surface area contributed by atoms with E-state index >= 15 is 0 Å². The van der Waals surface area contributed by atoms with Gasteiger partial charge in [0, 0.05) is 23.6 Å². The molecule has 0 fully saturated rings. The summed E-state index contributed by atoms with van der Waals surface area (Å²) in [5.74, 6) is 0. The van der Waals surface area contributed by atoms with Crippen LogP contribution in [0.15, 0.2) is 40.9 Å². The summed E-state index contributed by atoms with van der Waals surface area (Å²) in [4.78, 5) is 2.11. The van der Waals surface area contributed by atoms with E-state index in [1.165, 1.54) is 11.1 Å². The van der Waals surface area contributed by atoms with Crippen LogP contribution < -0.4 is 10.2 Å². The molecule has 0 aliphatic heterocycles. The third-order valence-corrected chi connectivity index (χ3v) is 4.68. The second kappa shape index (κ2) is 5.90. The Morgan fingerprint density at radius 1 is 1.19 bits per heavy atom. The highest BCUT2D eigenvalue weighted by Crippen LogP contribution is 2.38. The minimum absolute atomic E-state index is 0.352. The standard InChI is InChI=1S/C17H18BrClN2/c1-21(2)17-8-5-13(19)10-16(17)20-15-7-3-11-9-12(18)4-6-14(11)15/h4-6,8-10,15,20H,3,7H2,1-2H3. The third kappa shape index (κ3) is 3.04. The van der Waals surface area contributed by atoms with Crippen molar-refractivity contribution in [2.24, 2.45) is 0 Å². The fourth-order valence-electron chi connectivity index (χ4n) is 2.94. The number of hydrogen-bond donors (Lipinski definition) is 1. The Hall–Kier alpha value is -1.19. The van der Waals surface area contributed by atoms with Crippen molar-refractivity contribution >= 4 is 38.9 Å². The van der Waals surface area contributed by atoms with Gasteiger partial charge in [-0.25, -0.2) is 0 Å². The topological polar surface area (TPSA) is 15.3 Å². The molecule has 2 aromatic rings. The van der Waals surface area contributed by atoms with Crippen LogP contribution in [0.3, 0.4) is 0 Å². The van der Waals surface area contributed by atoms with Gasteiger partial charge in [-0.2, -0.15) is 0 Å². The molecule has 1 atom stereocenters. The lowest BCUT2D eigenvalue weighted by atomic mass is 10.1. The third-order valence-electron chi connectivity index (χ3n) is 3.95. The molecule has 1 aliphatic rings. The summed E-state index contributed by atoms with van der Waals surface area (Å²) in [5, 5.41) is 4.43. The molecule has 3 rings (SSSR count). The summed E-state index contributed by atoms with van der Waals surface area (Å²) in [6.45, 7) is 0. The van der Waals surface area contributed by atoms with Crippen LogP contribution in [-0.2, 0) is 6.42 Å². The van der Waals surface area contributed by atoms with Crippen molar-refractivity contribution in [3.8, 4) is 0 Å². The molecule has 1 unspecified atom stereocenters. The van der Waals surface area contributed by atoms with Crippen molar-refractivity contribution in [1.82, 2.24) is 0 Å². The summed E-state index contributed by atoms with van der Waals surface area (Å²) in [6.07, 6.45) is 2.23. The molecule has 0 radical (unpaired) electrons. The summed E-state index contributed by atoms with van der Waals surface area (Å²) in [6, 6.07) is 12.9. The minimum Gasteiger partial charge on any atom is -0.377 e. The van der Waals surface area contributed by atoms with Crippen LogP contribution in [0, 0.1) is 0 Å². The van der Waals surface area contributed by atoms with E-state index in [-0.39, 0.29) is 0 Å². The van der Waals surface area contributed by atoms with Gasteiger partial charge in [-0.3, -0.25) is 0 Å². The second-order valence-corrected chi connectivity index (χ2v) is 6.99. The van der Waals surface area contributed by atoms with Crippen molar-refractivity contribution in [3.05, 3.63) is 57.0 Å². The molecule has 0 bridgehead atoms. The van der Waals surface area contributed by atoms with Crippen LogP contribution in [0.2, 0.25) is 5.02 Å². The van der Waals surface area contributed by atoms with Gasteiger partial charge >= 0.3 is 0 Å². The highest BCUT2D eigenvalue weighted by molar-refractivity contribution is 9.10. The Morgan fingerprint density at radius 2 is 2.00 bits per heavy atom. The highest BCUT2D eigenvalue weighted by atomic mass is 79.9. The van der Waals surface area contributed by atoms with Gasteiger partial charge in [-0.15, -0.1) is 0 Å². The molecular formula is C17H18BrClN2. The number of halogens is 2. The van der Waals surface area contributed by atoms with Gasteiger partial charge in [0.05, 0.1) is 17.4 Å². The lowest BCUT2D eigenvalue weighted by molar-refractivity contribution is 0.761. The molecule has 2 aromatic carbocycles. The monoisotopic (exact) mass is 364 g/mol. The number of hydrogen-bond acceptors (Lipinski definition) is 2. The Morgan fingerprint density at radius 3 is 2.76 bits per heavy atom. The van der Waals surface area contributed by atoms with Gasteiger partial charge < -0.3 is 10.2 Å². The Labute approximate surface area is 139 Å². The molecule has 0 saturated carbocycles. The highest BCUT2D eigenvalue weighted by Gasteiger charge is 2.23. The van der Waals surface area contributed by atoms with Crippen LogP contribution in [-0.4, -0.2) is 14.1 Å². The Kier molecular flexibility index (Phi) is 4.14. The number of rotatable bonds is 3. The van der Waals surface area contributed by atoms with Gasteiger partial charge in [0.15, 0.2) is 0 Å². The van der Waals surface area contributed by atoms with E-state index in [0.717, 1.165) is 33.7 Å². The van der Waals surface area contributed by atoms with Crippen molar-refractivity contribution in [3.63, 3.8) is 0 Å². The van der Waals surface area contributed by atoms with E-state index in [1.54, 1.807) is 0 Å². The maximum atomic E-state index is 6.16. The lowest BCUT2D eigenvalue weighted by Crippen LogP contribution is -2.14. The van der Waals surface area contributed by atoms with Crippen LogP contribution in [0.1, 0.15) is 23.6 Å². The molecule has 0 saturated heterocycles. The molecule has 1 aliphatic carbocycles. The Bertz CT molecular complexity index is 670. The molecular weight excluding hydrogens is 348 g/mol. The van der Waals surface area contributed by atoms with Gasteiger partial charge in [0.25, 0.3) is 0 Å². The molecule has 21 heavy (non-hydrogen) atoms. The van der Waals surface area contributed by atoms with Crippen LogP contribution >= 0.6 is 27.5 Å². The molecule has 4 heteroatoms. The summed E-state index contributed by atoms with van der Waals surface area (Å²) in [7, 11) is 4.10. The minimum atomic E-state index is 0.352. The predicted molar refractivity (Wildman–Crippen MR) is 94.6 cm³/mol. The second-order valence-electron chi connectivity index (χ2n) is 5.63. The Balaban J connectivity index is 1.91. The molecule has 0 spiro atoms. The van der Waals surface area contributed by atoms with Crippen LogP contribution in [0.25, 0.3) is 0 Å². The van der Waals surface area contributed by atoms with Crippen LogP contribution in [0.5, 0.6) is 0 Å². The summed E-state index contributed by atoms with van der Waals surface area (Å²) in [5.41, 5.74) is 5.07. The number of anilines is 2. The van der Waals surface area contributed by atoms with Crippen molar-refractivity contribution in [2.45, 2.75) is 18.9 Å². The fourth-order valence-corrected chi connectivity index (χ4v) is 3.52. The fraction of sp³-hybridized carbons (Fsp3) is 0.294. The van der Waals surface area contributed by atoms with Gasteiger partial charge in [0.1, 0.15) is 0 Å². The number of nitrogens with one attached hydrogen (secondary N) is 1. The zero-order chi connectivity index (χ0) is 15.0. The van der Waals surface area contributed by atoms with E-state index < -0.39 is 0 Å². The quantitative estimate of drug-likeness (QED) is 0.797. The molecule has 0 amide bonds. The maximum Gasteiger partial charge on any atom is 0.0598 e. The number of benzene rings is 2. The number of nitrogens with zero attached hydrogens (tertiary/aromatic N) is 1. The van der Waals surface area contributed by atoms with Gasteiger partial charge in [0.2, 0.25) is 0 Å². The van der Waals surface area contributed by atoms with Gasteiger partial charge in [-0.1, -0.05) is 33.6 Å². The zero-order valence-electron chi connectivity index (χ0n) is 12.2. The first-order chi connectivity index (χ1) is 10.0. The van der Waals surface area contributed by atoms with E-state index in [0.29, 0.717) is 6.04 Å². The summed E-state index contributed by atoms with van der Waals surface area (Å²) < 4.78 is 1.15. The first-order valence-electron chi connectivity index (χ1n) is 7.06. The molecule has 0 heterocycles. The first-order valence-corrected chi connectivity index (χ1v) is 8.23. The van der Waals surface area contributed by atoms with Gasteiger partial charge in [-0.05, 0) is 54.3 Å². The zero-order valence-corrected chi connectivity index (χ0v) is 14.5. The lowest BCUT2D eigenvalue weighted by Gasteiger charge is -2.22. The van der Waals surface area contributed by atoms with E-state index in [1.807, 2.05) is 26.2 Å². The van der Waals surface area contributed by atoms with Crippen molar-refractivity contribution in [1.29, 1.82) is 0 Å². The van der Waals surface area contributed by atoms with Crippen LogP contribution in [0.4, 0.5) is 11.4 Å². The SMILES string of the molecule is CN(C)c1ccc(Cl)cc1NC1CCc2cc(Br)ccc21. The predicted octanol–water partition coefficient (Wildman–Crippen LogP) is 5.27. The molecule has 1 N–H and O–H groups in total. The molecule has 110 valence electrons. The van der Waals surface area contributed by atoms with E-state index in [2.05, 4.69) is 50.4 Å². The first kappa shape index (κ1) is 14.7. The average Bonchev–Trinajstić information content (AvgIpc) is 2.81. The summed E-state index contributed by atoms with van der Waals surface area (Å²) >= 11 is 9.71. The van der Waals surface area contributed by atoms with E-state index in [9.17, 15) is 0 Å². The molecule has 2 nitrogen and oxygen atoms in total. The maximum absolute atomic E-state index is 6.16. The van der Waals surface area contributed by atoms with E-state index in [4.69, 9.17) is 11.6 Å². The smallest absolute Gasteiger partial charge is 0.0598 e. The van der Waals surface area contributed by atoms with Crippen molar-refractivity contribution < 1.29 is 0 Å².